The van der Waals surface area contributed by atoms with Crippen LogP contribution in [0.5, 0.6) is 5.75 Å². The number of hydrogen-bond donors (Lipinski definition) is 2. The highest BCUT2D eigenvalue weighted by Gasteiger charge is 2.16. The molecule has 1 heterocycles. The van der Waals surface area contributed by atoms with Crippen molar-refractivity contribution in [3.05, 3.63) is 46.3 Å². The molecule has 2 aromatic carbocycles. The summed E-state index contributed by atoms with van der Waals surface area (Å²) in [6, 6.07) is 4.08. The quantitative estimate of drug-likeness (QED) is 0.371. The molecule has 0 radical (unpaired) electrons. The zero-order valence-corrected chi connectivity index (χ0v) is 9.41. The van der Waals surface area contributed by atoms with Crippen molar-refractivity contribution in [1.82, 2.24) is 0 Å². The van der Waals surface area contributed by atoms with Gasteiger partial charge in [-0.05, 0) is 12.1 Å². The molecule has 0 bridgehead atoms. The van der Waals surface area contributed by atoms with E-state index in [0.29, 0.717) is 0 Å². The van der Waals surface area contributed by atoms with E-state index < -0.39 is 23.0 Å². The van der Waals surface area contributed by atoms with Gasteiger partial charge < -0.3 is 15.3 Å². The number of hydrogen-bond acceptors (Lipinski definition) is 4. The minimum Gasteiger partial charge on any atom is -0.508 e. The summed E-state index contributed by atoms with van der Waals surface area (Å²) >= 11 is 0. The summed E-state index contributed by atoms with van der Waals surface area (Å²) in [5.74, 6) is -2.12. The number of anilines is 1. The van der Waals surface area contributed by atoms with Crippen molar-refractivity contribution in [2.24, 2.45) is 0 Å². The Bertz CT molecular complexity index is 887. The van der Waals surface area contributed by atoms with Gasteiger partial charge in [0.25, 0.3) is 0 Å². The lowest BCUT2D eigenvalue weighted by molar-refractivity contribution is 0.467. The molecule has 6 heteroatoms. The molecule has 0 aliphatic heterocycles. The van der Waals surface area contributed by atoms with Crippen molar-refractivity contribution >= 4 is 27.4 Å². The van der Waals surface area contributed by atoms with Crippen LogP contribution in [0.3, 0.4) is 0 Å². The fourth-order valence-corrected chi connectivity index (χ4v) is 2.09. The Hall–Kier alpha value is -2.63. The number of rotatable bonds is 0. The molecule has 0 aliphatic rings. The Balaban J connectivity index is 2.70. The molecule has 96 valence electrons. The summed E-state index contributed by atoms with van der Waals surface area (Å²) < 4.78 is 32.7. The second kappa shape index (κ2) is 3.68. The molecule has 0 saturated heterocycles. The van der Waals surface area contributed by atoms with Crippen LogP contribution in [0.15, 0.2) is 33.5 Å². The Labute approximate surface area is 104 Å². The summed E-state index contributed by atoms with van der Waals surface area (Å²) in [4.78, 5) is 11.7. The maximum absolute atomic E-state index is 13.9. The number of benzene rings is 2. The molecule has 3 aromatic rings. The molecule has 3 rings (SSSR count). The summed E-state index contributed by atoms with van der Waals surface area (Å²) in [6.45, 7) is 0. The lowest BCUT2D eigenvalue weighted by Crippen LogP contribution is -2.03. The van der Waals surface area contributed by atoms with Crippen molar-refractivity contribution in [2.45, 2.75) is 0 Å². The third-order valence-electron chi connectivity index (χ3n) is 2.82. The van der Waals surface area contributed by atoms with Crippen LogP contribution in [-0.2, 0) is 0 Å². The summed E-state index contributed by atoms with van der Waals surface area (Å²) in [5.41, 5.74) is 4.41. The van der Waals surface area contributed by atoms with E-state index in [0.717, 1.165) is 18.2 Å². The van der Waals surface area contributed by atoms with E-state index in [1.165, 1.54) is 6.07 Å². The first kappa shape index (κ1) is 11.5. The number of phenolic OH excluding ortho intramolecular Hbond substituents is 1. The largest absolute Gasteiger partial charge is 0.508 e. The summed E-state index contributed by atoms with van der Waals surface area (Å²) in [5, 5.41) is 8.71. The number of halogens is 2. The Kier molecular flexibility index (Phi) is 2.22. The van der Waals surface area contributed by atoms with Gasteiger partial charge in [-0.25, -0.2) is 13.6 Å². The van der Waals surface area contributed by atoms with Gasteiger partial charge in [-0.3, -0.25) is 0 Å². The topological polar surface area (TPSA) is 76.5 Å². The van der Waals surface area contributed by atoms with Crippen LogP contribution in [0, 0.1) is 11.6 Å². The van der Waals surface area contributed by atoms with Crippen molar-refractivity contribution in [3.8, 4) is 5.75 Å². The molecule has 0 unspecified atom stereocenters. The smallest absolute Gasteiger partial charge is 0.344 e. The van der Waals surface area contributed by atoms with Crippen molar-refractivity contribution < 1.29 is 18.3 Å². The highest BCUT2D eigenvalue weighted by molar-refractivity contribution is 6.06. The van der Waals surface area contributed by atoms with Crippen LogP contribution in [0.1, 0.15) is 0 Å². The normalized spacial score (nSPS) is 11.3. The van der Waals surface area contributed by atoms with E-state index >= 15 is 0 Å². The van der Waals surface area contributed by atoms with Crippen molar-refractivity contribution in [2.75, 3.05) is 5.73 Å². The first-order valence-electron chi connectivity index (χ1n) is 5.31. The number of nitrogen functional groups attached to an aromatic ring is 1. The lowest BCUT2D eigenvalue weighted by atomic mass is 10.1. The standard InChI is InChI=1S/C13H7F2NO3/c14-8-2-5(16)1-7-11(8)12-9(15)3-6(17)4-10(12)19-13(7)18/h1-4,17H,16H2. The first-order valence-corrected chi connectivity index (χ1v) is 5.31. The molecule has 3 N–H and O–H groups in total. The van der Waals surface area contributed by atoms with Gasteiger partial charge in [0.2, 0.25) is 0 Å². The van der Waals surface area contributed by atoms with E-state index in [-0.39, 0.29) is 27.4 Å². The minimum absolute atomic E-state index is 0.0378. The maximum atomic E-state index is 13.9. The van der Waals surface area contributed by atoms with Gasteiger partial charge in [0, 0.05) is 23.2 Å². The molecule has 0 fully saturated rings. The van der Waals surface area contributed by atoms with E-state index in [2.05, 4.69) is 0 Å². The third-order valence-corrected chi connectivity index (χ3v) is 2.82. The molecule has 0 aliphatic carbocycles. The minimum atomic E-state index is -0.882. The van der Waals surface area contributed by atoms with Crippen molar-refractivity contribution in [1.29, 1.82) is 0 Å². The van der Waals surface area contributed by atoms with Gasteiger partial charge >= 0.3 is 5.63 Å². The molecule has 1 aromatic heterocycles. The number of phenols is 1. The van der Waals surface area contributed by atoms with Gasteiger partial charge in [-0.2, -0.15) is 0 Å². The van der Waals surface area contributed by atoms with Gasteiger partial charge in [0.1, 0.15) is 23.0 Å². The summed E-state index contributed by atoms with van der Waals surface area (Å²) in [7, 11) is 0. The third kappa shape index (κ3) is 1.61. The van der Waals surface area contributed by atoms with Gasteiger partial charge in [-0.15, -0.1) is 0 Å². The highest BCUT2D eigenvalue weighted by atomic mass is 19.1. The van der Waals surface area contributed by atoms with Crippen LogP contribution >= 0.6 is 0 Å². The van der Waals surface area contributed by atoms with Gasteiger partial charge in [-0.1, -0.05) is 0 Å². The number of fused-ring (bicyclic) bond motifs is 3. The maximum Gasteiger partial charge on any atom is 0.344 e. The predicted molar refractivity (Wildman–Crippen MR) is 66.0 cm³/mol. The number of aromatic hydroxyl groups is 1. The average Bonchev–Trinajstić information content (AvgIpc) is 2.29. The van der Waals surface area contributed by atoms with E-state index in [1.54, 1.807) is 0 Å². The SMILES string of the molecule is Nc1cc(F)c2c(c1)c(=O)oc1cc(O)cc(F)c12. The second-order valence-corrected chi connectivity index (χ2v) is 4.12. The molecule has 19 heavy (non-hydrogen) atoms. The van der Waals surface area contributed by atoms with Crippen LogP contribution < -0.4 is 11.4 Å². The van der Waals surface area contributed by atoms with Gasteiger partial charge in [0.15, 0.2) is 0 Å². The molecule has 4 nitrogen and oxygen atoms in total. The fraction of sp³-hybridized carbons (Fsp3) is 0. The Morgan fingerprint density at radius 1 is 1.05 bits per heavy atom. The van der Waals surface area contributed by atoms with E-state index in [9.17, 15) is 18.7 Å². The molecule has 0 amide bonds. The molecule has 0 saturated carbocycles. The monoisotopic (exact) mass is 263 g/mol. The molecular formula is C13H7F2NO3. The Morgan fingerprint density at radius 2 is 1.74 bits per heavy atom. The van der Waals surface area contributed by atoms with Crippen LogP contribution in [0.25, 0.3) is 21.7 Å². The highest BCUT2D eigenvalue weighted by Crippen LogP contribution is 2.31. The fourth-order valence-electron chi connectivity index (χ4n) is 2.09. The first-order chi connectivity index (χ1) is 8.97. The van der Waals surface area contributed by atoms with Crippen LogP contribution in [0.2, 0.25) is 0 Å². The zero-order valence-electron chi connectivity index (χ0n) is 9.41. The number of nitrogens with two attached hydrogens (primary N) is 1. The Morgan fingerprint density at radius 3 is 2.47 bits per heavy atom. The molecule has 0 atom stereocenters. The van der Waals surface area contributed by atoms with Crippen LogP contribution in [-0.4, -0.2) is 5.11 Å². The van der Waals surface area contributed by atoms with E-state index in [4.69, 9.17) is 10.2 Å². The lowest BCUT2D eigenvalue weighted by Gasteiger charge is -2.06. The van der Waals surface area contributed by atoms with Gasteiger partial charge in [0.05, 0.1) is 10.8 Å². The zero-order chi connectivity index (χ0) is 13.7. The summed E-state index contributed by atoms with van der Waals surface area (Å²) in [6.07, 6.45) is 0. The molecule has 0 spiro atoms. The van der Waals surface area contributed by atoms with Crippen LogP contribution in [0.4, 0.5) is 14.5 Å². The average molecular weight is 263 g/mol. The molecular weight excluding hydrogens is 256 g/mol. The van der Waals surface area contributed by atoms with E-state index in [1.807, 2.05) is 0 Å². The van der Waals surface area contributed by atoms with Crippen molar-refractivity contribution in [3.63, 3.8) is 0 Å². The second-order valence-electron chi connectivity index (χ2n) is 4.12. The predicted octanol–water partition coefficient (Wildman–Crippen LogP) is 2.51.